The summed E-state index contributed by atoms with van der Waals surface area (Å²) in [5.74, 6) is 0.0922. The van der Waals surface area contributed by atoms with Gasteiger partial charge in [0.2, 0.25) is 0 Å². The Balaban J connectivity index is 0.00000312. The van der Waals surface area contributed by atoms with Crippen molar-refractivity contribution in [3.8, 4) is 0 Å². The minimum Gasteiger partial charge on any atom is -0.382 e. The lowest BCUT2D eigenvalue weighted by Gasteiger charge is -2.32. The van der Waals surface area contributed by atoms with Crippen LogP contribution in [-0.2, 0) is 16.1 Å². The SMILES string of the molecule is CNCC1CCCN(C(=O)c2ccc(F)c(COCCOC)c2)C1.Cl. The van der Waals surface area contributed by atoms with Crippen molar-refractivity contribution in [2.24, 2.45) is 5.92 Å². The van der Waals surface area contributed by atoms with Crippen LogP contribution in [0.5, 0.6) is 0 Å². The molecule has 0 aliphatic carbocycles. The molecule has 0 bridgehead atoms. The van der Waals surface area contributed by atoms with E-state index >= 15 is 0 Å². The Morgan fingerprint density at radius 2 is 2.20 bits per heavy atom. The fraction of sp³-hybridized carbons (Fsp3) is 0.611. The Labute approximate surface area is 155 Å². The molecule has 0 radical (unpaired) electrons. The summed E-state index contributed by atoms with van der Waals surface area (Å²) in [4.78, 5) is 14.6. The predicted molar refractivity (Wildman–Crippen MR) is 97.7 cm³/mol. The molecule has 1 aromatic rings. The van der Waals surface area contributed by atoms with Crippen LogP contribution in [0, 0.1) is 11.7 Å². The molecule has 0 saturated carbocycles. The van der Waals surface area contributed by atoms with Crippen molar-refractivity contribution in [1.82, 2.24) is 10.2 Å². The zero-order valence-electron chi connectivity index (χ0n) is 14.9. The first-order valence-corrected chi connectivity index (χ1v) is 8.44. The second-order valence-electron chi connectivity index (χ2n) is 6.17. The van der Waals surface area contributed by atoms with Gasteiger partial charge < -0.3 is 19.7 Å². The molecule has 1 heterocycles. The van der Waals surface area contributed by atoms with E-state index in [4.69, 9.17) is 9.47 Å². The van der Waals surface area contributed by atoms with Gasteiger partial charge in [0, 0.05) is 31.3 Å². The van der Waals surface area contributed by atoms with Crippen LogP contribution in [0.15, 0.2) is 18.2 Å². The first-order chi connectivity index (χ1) is 11.7. The van der Waals surface area contributed by atoms with Gasteiger partial charge >= 0.3 is 0 Å². The Morgan fingerprint density at radius 1 is 1.40 bits per heavy atom. The summed E-state index contributed by atoms with van der Waals surface area (Å²) in [5, 5.41) is 3.17. The number of ether oxygens (including phenoxy) is 2. The number of hydrogen-bond acceptors (Lipinski definition) is 4. The van der Waals surface area contributed by atoms with Gasteiger partial charge in [0.1, 0.15) is 5.82 Å². The number of benzene rings is 1. The second kappa shape index (κ2) is 11.4. The fourth-order valence-electron chi connectivity index (χ4n) is 3.03. The van der Waals surface area contributed by atoms with Gasteiger partial charge in [-0.05, 0) is 50.6 Å². The van der Waals surface area contributed by atoms with E-state index in [1.807, 2.05) is 11.9 Å². The van der Waals surface area contributed by atoms with Crippen LogP contribution in [0.3, 0.4) is 0 Å². The standard InChI is InChI=1S/C18H27FN2O3.ClH/c1-20-11-14-4-3-7-21(12-14)18(22)15-5-6-17(19)16(10-15)13-24-9-8-23-2;/h5-6,10,14,20H,3-4,7-9,11-13H2,1-2H3;1H. The highest BCUT2D eigenvalue weighted by Crippen LogP contribution is 2.20. The molecule has 1 fully saturated rings. The third kappa shape index (κ3) is 6.55. The molecular weight excluding hydrogens is 347 g/mol. The maximum Gasteiger partial charge on any atom is 0.253 e. The van der Waals surface area contributed by atoms with E-state index in [1.54, 1.807) is 19.2 Å². The molecular formula is C18H28ClFN2O3. The highest BCUT2D eigenvalue weighted by molar-refractivity contribution is 5.94. The van der Waals surface area contributed by atoms with Gasteiger partial charge in [0.15, 0.2) is 0 Å². The molecule has 1 unspecified atom stereocenters. The number of hydrogen-bond donors (Lipinski definition) is 1. The zero-order valence-corrected chi connectivity index (χ0v) is 15.7. The number of piperidine rings is 1. The molecule has 1 aliphatic rings. The second-order valence-corrected chi connectivity index (χ2v) is 6.17. The van der Waals surface area contributed by atoms with Gasteiger partial charge in [0.05, 0.1) is 19.8 Å². The fourth-order valence-corrected chi connectivity index (χ4v) is 3.03. The zero-order chi connectivity index (χ0) is 17.4. The third-order valence-corrected chi connectivity index (χ3v) is 4.28. The van der Waals surface area contributed by atoms with Crippen LogP contribution in [0.4, 0.5) is 4.39 Å². The van der Waals surface area contributed by atoms with Gasteiger partial charge in [-0.25, -0.2) is 4.39 Å². The molecule has 1 amide bonds. The van der Waals surface area contributed by atoms with E-state index in [9.17, 15) is 9.18 Å². The van der Waals surface area contributed by atoms with Crippen LogP contribution in [-0.4, -0.2) is 57.8 Å². The lowest BCUT2D eigenvalue weighted by Crippen LogP contribution is -2.42. The van der Waals surface area contributed by atoms with Gasteiger partial charge in [-0.2, -0.15) is 0 Å². The normalized spacial score (nSPS) is 17.2. The number of halogens is 2. The van der Waals surface area contributed by atoms with Gasteiger partial charge in [0.25, 0.3) is 5.91 Å². The van der Waals surface area contributed by atoms with Crippen molar-refractivity contribution in [1.29, 1.82) is 0 Å². The van der Waals surface area contributed by atoms with Crippen molar-refractivity contribution in [3.05, 3.63) is 35.1 Å². The number of rotatable bonds is 8. The smallest absolute Gasteiger partial charge is 0.253 e. The van der Waals surface area contributed by atoms with Crippen molar-refractivity contribution in [2.75, 3.05) is 47.0 Å². The third-order valence-electron chi connectivity index (χ3n) is 4.28. The number of methoxy groups -OCH3 is 1. The summed E-state index contributed by atoms with van der Waals surface area (Å²) in [6, 6.07) is 4.50. The Hall–Kier alpha value is -1.21. The predicted octanol–water partition coefficient (Wildman–Crippen LogP) is 2.48. The minimum atomic E-state index is -0.351. The van der Waals surface area contributed by atoms with Crippen LogP contribution in [0.25, 0.3) is 0 Å². The van der Waals surface area contributed by atoms with E-state index < -0.39 is 0 Å². The number of amides is 1. The van der Waals surface area contributed by atoms with Crippen LogP contribution >= 0.6 is 12.4 Å². The Kier molecular flexibility index (Phi) is 9.97. The van der Waals surface area contributed by atoms with Gasteiger partial charge in [-0.3, -0.25) is 4.79 Å². The topological polar surface area (TPSA) is 50.8 Å². The quantitative estimate of drug-likeness (QED) is 0.710. The molecule has 7 heteroatoms. The lowest BCUT2D eigenvalue weighted by atomic mass is 9.97. The van der Waals surface area contributed by atoms with E-state index in [1.165, 1.54) is 6.07 Å². The number of nitrogens with zero attached hydrogens (tertiary/aromatic N) is 1. The Morgan fingerprint density at radius 3 is 2.92 bits per heavy atom. The van der Waals surface area contributed by atoms with Gasteiger partial charge in [-0.15, -0.1) is 12.4 Å². The molecule has 1 atom stereocenters. The molecule has 2 rings (SSSR count). The van der Waals surface area contributed by atoms with Crippen LogP contribution in [0.2, 0.25) is 0 Å². The summed E-state index contributed by atoms with van der Waals surface area (Å²) in [5.41, 5.74) is 0.924. The Bertz CT molecular complexity index is 543. The molecule has 1 aliphatic heterocycles. The summed E-state index contributed by atoms with van der Waals surface area (Å²) >= 11 is 0. The van der Waals surface area contributed by atoms with Crippen molar-refractivity contribution < 1.29 is 18.7 Å². The maximum atomic E-state index is 13.9. The molecule has 5 nitrogen and oxygen atoms in total. The largest absolute Gasteiger partial charge is 0.382 e. The lowest BCUT2D eigenvalue weighted by molar-refractivity contribution is 0.0601. The van der Waals surface area contributed by atoms with Gasteiger partial charge in [-0.1, -0.05) is 0 Å². The number of nitrogens with one attached hydrogen (secondary N) is 1. The number of carbonyl (C=O) groups excluding carboxylic acids is 1. The highest BCUT2D eigenvalue weighted by Gasteiger charge is 2.24. The monoisotopic (exact) mass is 374 g/mol. The maximum absolute atomic E-state index is 13.9. The van der Waals surface area contributed by atoms with E-state index in [0.717, 1.165) is 32.5 Å². The summed E-state index contributed by atoms with van der Waals surface area (Å²) in [7, 11) is 3.51. The number of likely N-dealkylation sites (tertiary alicyclic amines) is 1. The molecule has 25 heavy (non-hydrogen) atoms. The molecule has 0 aromatic heterocycles. The van der Waals surface area contributed by atoms with Crippen LogP contribution < -0.4 is 5.32 Å². The van der Waals surface area contributed by atoms with Crippen molar-refractivity contribution in [3.63, 3.8) is 0 Å². The summed E-state index contributed by atoms with van der Waals surface area (Å²) in [6.45, 7) is 3.41. The van der Waals surface area contributed by atoms with Crippen molar-refractivity contribution >= 4 is 18.3 Å². The minimum absolute atomic E-state index is 0. The van der Waals surface area contributed by atoms with E-state index in [2.05, 4.69) is 5.32 Å². The molecule has 1 N–H and O–H groups in total. The first-order valence-electron chi connectivity index (χ1n) is 8.44. The average molecular weight is 375 g/mol. The molecule has 0 spiro atoms. The van der Waals surface area contributed by atoms with Crippen LogP contribution in [0.1, 0.15) is 28.8 Å². The average Bonchev–Trinajstić information content (AvgIpc) is 2.60. The number of carbonyl (C=O) groups is 1. The summed E-state index contributed by atoms with van der Waals surface area (Å²) < 4.78 is 24.2. The van der Waals surface area contributed by atoms with Crippen molar-refractivity contribution in [2.45, 2.75) is 19.4 Å². The van der Waals surface area contributed by atoms with E-state index in [-0.39, 0.29) is 30.7 Å². The highest BCUT2D eigenvalue weighted by atomic mass is 35.5. The van der Waals surface area contributed by atoms with E-state index in [0.29, 0.717) is 30.3 Å². The molecule has 1 saturated heterocycles. The molecule has 1 aromatic carbocycles. The molecule has 142 valence electrons. The summed E-state index contributed by atoms with van der Waals surface area (Å²) in [6.07, 6.45) is 2.14. The first kappa shape index (κ1) is 21.8.